The maximum Gasteiger partial charge on any atom is 0.00725 e. The van der Waals surface area contributed by atoms with Gasteiger partial charge in [-0.1, -0.05) is 52.0 Å². The third kappa shape index (κ3) is 4.45. The first kappa shape index (κ1) is 15.2. The van der Waals surface area contributed by atoms with Crippen LogP contribution in [0.5, 0.6) is 0 Å². The van der Waals surface area contributed by atoms with E-state index in [1.165, 1.54) is 17.5 Å². The largest absolute Gasteiger partial charge is 0.314 e. The van der Waals surface area contributed by atoms with Gasteiger partial charge < -0.3 is 5.32 Å². The molecule has 0 amide bonds. The normalized spacial score (nSPS) is 14.8. The lowest BCUT2D eigenvalue weighted by Crippen LogP contribution is -2.37. The van der Waals surface area contributed by atoms with E-state index in [0.29, 0.717) is 17.9 Å². The quantitative estimate of drug-likeness (QED) is 0.766. The topological polar surface area (TPSA) is 12.0 Å². The average molecular weight is 247 g/mol. The van der Waals surface area contributed by atoms with Gasteiger partial charge in [0, 0.05) is 6.04 Å². The van der Waals surface area contributed by atoms with E-state index in [-0.39, 0.29) is 0 Å². The van der Waals surface area contributed by atoms with Crippen molar-refractivity contribution in [2.45, 2.75) is 53.5 Å². The summed E-state index contributed by atoms with van der Waals surface area (Å²) >= 11 is 0. The van der Waals surface area contributed by atoms with Crippen LogP contribution in [-0.4, -0.2) is 12.6 Å². The van der Waals surface area contributed by atoms with Gasteiger partial charge in [0.25, 0.3) is 0 Å². The van der Waals surface area contributed by atoms with Crippen molar-refractivity contribution >= 4 is 0 Å². The molecule has 0 aliphatic rings. The van der Waals surface area contributed by atoms with Crippen molar-refractivity contribution < 1.29 is 0 Å². The fourth-order valence-electron chi connectivity index (χ4n) is 2.65. The Morgan fingerprint density at radius 1 is 0.944 bits per heavy atom. The van der Waals surface area contributed by atoms with E-state index in [4.69, 9.17) is 0 Å². The number of hydrogen-bond acceptors (Lipinski definition) is 1. The zero-order valence-corrected chi connectivity index (χ0v) is 12.7. The Bertz CT molecular complexity index is 326. The lowest BCUT2D eigenvalue weighted by Gasteiger charge is -2.28. The van der Waals surface area contributed by atoms with Crippen molar-refractivity contribution in [2.24, 2.45) is 11.8 Å². The minimum atomic E-state index is 0.584. The molecule has 1 aromatic rings. The van der Waals surface area contributed by atoms with Crippen molar-refractivity contribution in [3.05, 3.63) is 35.4 Å². The molecule has 1 aromatic carbocycles. The third-order valence-corrected chi connectivity index (χ3v) is 3.93. The van der Waals surface area contributed by atoms with Crippen LogP contribution in [-0.2, 0) is 12.8 Å². The van der Waals surface area contributed by atoms with E-state index in [1.807, 2.05) is 0 Å². The van der Waals surface area contributed by atoms with Gasteiger partial charge in [0.05, 0.1) is 0 Å². The molecule has 0 heterocycles. The molecule has 1 heteroatoms. The SMILES string of the molecule is CCNC(C)C(Cc1ccc(CC)cc1)C(C)C. The summed E-state index contributed by atoms with van der Waals surface area (Å²) in [7, 11) is 0. The summed E-state index contributed by atoms with van der Waals surface area (Å²) in [4.78, 5) is 0. The molecule has 0 saturated heterocycles. The van der Waals surface area contributed by atoms with E-state index >= 15 is 0 Å². The highest BCUT2D eigenvalue weighted by atomic mass is 14.9. The molecular weight excluding hydrogens is 218 g/mol. The van der Waals surface area contributed by atoms with Crippen molar-refractivity contribution in [1.82, 2.24) is 5.32 Å². The van der Waals surface area contributed by atoms with Crippen LogP contribution in [0.4, 0.5) is 0 Å². The Morgan fingerprint density at radius 3 is 1.94 bits per heavy atom. The predicted octanol–water partition coefficient (Wildman–Crippen LogP) is 4.06. The number of hydrogen-bond donors (Lipinski definition) is 1. The van der Waals surface area contributed by atoms with E-state index < -0.39 is 0 Å². The highest BCUT2D eigenvalue weighted by Crippen LogP contribution is 2.21. The van der Waals surface area contributed by atoms with Crippen LogP contribution in [0.25, 0.3) is 0 Å². The molecule has 2 atom stereocenters. The Morgan fingerprint density at radius 2 is 1.50 bits per heavy atom. The fourth-order valence-corrected chi connectivity index (χ4v) is 2.65. The van der Waals surface area contributed by atoms with Crippen molar-refractivity contribution in [2.75, 3.05) is 6.54 Å². The summed E-state index contributed by atoms with van der Waals surface area (Å²) in [6.45, 7) is 12.4. The van der Waals surface area contributed by atoms with E-state index in [1.54, 1.807) is 0 Å². The van der Waals surface area contributed by atoms with Gasteiger partial charge in [-0.3, -0.25) is 0 Å². The first-order chi connectivity index (χ1) is 8.58. The van der Waals surface area contributed by atoms with Crippen LogP contribution in [0.1, 0.15) is 45.7 Å². The molecular formula is C17H29N. The molecule has 0 radical (unpaired) electrons. The fraction of sp³-hybridized carbons (Fsp3) is 0.647. The van der Waals surface area contributed by atoms with Gasteiger partial charge in [-0.15, -0.1) is 0 Å². The summed E-state index contributed by atoms with van der Waals surface area (Å²) in [5, 5.41) is 3.57. The first-order valence-electron chi connectivity index (χ1n) is 7.39. The van der Waals surface area contributed by atoms with Gasteiger partial charge in [-0.2, -0.15) is 0 Å². The maximum absolute atomic E-state index is 3.57. The summed E-state index contributed by atoms with van der Waals surface area (Å²) in [6.07, 6.45) is 2.30. The Labute approximate surface area is 113 Å². The summed E-state index contributed by atoms with van der Waals surface area (Å²) in [6, 6.07) is 9.72. The molecule has 0 aromatic heterocycles. The van der Waals surface area contributed by atoms with E-state index in [9.17, 15) is 0 Å². The second kappa shape index (κ2) is 7.58. The van der Waals surface area contributed by atoms with Crippen molar-refractivity contribution in [3.63, 3.8) is 0 Å². The lowest BCUT2D eigenvalue weighted by atomic mass is 9.84. The standard InChI is InChI=1S/C17H29N/c1-6-15-8-10-16(11-9-15)12-17(13(3)4)14(5)18-7-2/h8-11,13-14,17-18H,6-7,12H2,1-5H3. The zero-order chi connectivity index (χ0) is 13.5. The van der Waals surface area contributed by atoms with Gasteiger partial charge in [-0.25, -0.2) is 0 Å². The van der Waals surface area contributed by atoms with Crippen LogP contribution >= 0.6 is 0 Å². The molecule has 1 nitrogen and oxygen atoms in total. The van der Waals surface area contributed by atoms with Gasteiger partial charge >= 0.3 is 0 Å². The zero-order valence-electron chi connectivity index (χ0n) is 12.7. The van der Waals surface area contributed by atoms with Crippen LogP contribution in [0.2, 0.25) is 0 Å². The molecule has 0 spiro atoms. The Kier molecular flexibility index (Phi) is 6.42. The molecule has 0 aliphatic carbocycles. The van der Waals surface area contributed by atoms with Crippen LogP contribution in [0.15, 0.2) is 24.3 Å². The third-order valence-electron chi connectivity index (χ3n) is 3.93. The second-order valence-electron chi connectivity index (χ2n) is 5.63. The molecule has 0 saturated carbocycles. The maximum atomic E-state index is 3.57. The van der Waals surface area contributed by atoms with Crippen molar-refractivity contribution in [3.8, 4) is 0 Å². The summed E-state index contributed by atoms with van der Waals surface area (Å²) in [5.41, 5.74) is 2.90. The number of aryl methyl sites for hydroxylation is 1. The monoisotopic (exact) mass is 247 g/mol. The molecule has 1 rings (SSSR count). The van der Waals surface area contributed by atoms with E-state index in [2.05, 4.69) is 64.2 Å². The number of nitrogens with one attached hydrogen (secondary N) is 1. The average Bonchev–Trinajstić information content (AvgIpc) is 2.36. The summed E-state index contributed by atoms with van der Waals surface area (Å²) in [5.74, 6) is 1.42. The highest BCUT2D eigenvalue weighted by molar-refractivity contribution is 5.23. The van der Waals surface area contributed by atoms with Crippen LogP contribution in [0.3, 0.4) is 0 Å². The van der Waals surface area contributed by atoms with Crippen molar-refractivity contribution in [1.29, 1.82) is 0 Å². The van der Waals surface area contributed by atoms with Gasteiger partial charge in [-0.05, 0) is 49.3 Å². The molecule has 0 aliphatic heterocycles. The Hall–Kier alpha value is -0.820. The van der Waals surface area contributed by atoms with Gasteiger partial charge in [0.1, 0.15) is 0 Å². The highest BCUT2D eigenvalue weighted by Gasteiger charge is 2.20. The van der Waals surface area contributed by atoms with Gasteiger partial charge in [0.2, 0.25) is 0 Å². The Balaban J connectivity index is 2.70. The lowest BCUT2D eigenvalue weighted by molar-refractivity contribution is 0.292. The molecule has 0 bridgehead atoms. The smallest absolute Gasteiger partial charge is 0.00725 e. The molecule has 18 heavy (non-hydrogen) atoms. The first-order valence-corrected chi connectivity index (χ1v) is 7.39. The molecule has 2 unspecified atom stereocenters. The number of rotatable bonds is 7. The minimum absolute atomic E-state index is 0.584. The summed E-state index contributed by atoms with van der Waals surface area (Å²) < 4.78 is 0. The van der Waals surface area contributed by atoms with Crippen LogP contribution < -0.4 is 5.32 Å². The molecule has 1 N–H and O–H groups in total. The molecule has 102 valence electrons. The predicted molar refractivity (Wildman–Crippen MR) is 81.0 cm³/mol. The second-order valence-corrected chi connectivity index (χ2v) is 5.63. The number of benzene rings is 1. The minimum Gasteiger partial charge on any atom is -0.314 e. The molecule has 0 fully saturated rings. The van der Waals surface area contributed by atoms with Crippen LogP contribution in [0, 0.1) is 11.8 Å². The van der Waals surface area contributed by atoms with Gasteiger partial charge in [0.15, 0.2) is 0 Å². The van der Waals surface area contributed by atoms with E-state index in [0.717, 1.165) is 13.0 Å².